The Morgan fingerprint density at radius 1 is 1.19 bits per heavy atom. The summed E-state index contributed by atoms with van der Waals surface area (Å²) in [5.74, 6) is -1.96. The summed E-state index contributed by atoms with van der Waals surface area (Å²) in [7, 11) is 1.35. The molecular formula is C20H16ClN3O7S. The number of rotatable bonds is 8. The van der Waals surface area contributed by atoms with Crippen molar-refractivity contribution in [2.75, 3.05) is 25.6 Å². The van der Waals surface area contributed by atoms with Crippen molar-refractivity contribution in [2.24, 2.45) is 0 Å². The first-order valence-corrected chi connectivity index (χ1v) is 10.2. The molecule has 3 aromatic rings. The fourth-order valence-electron chi connectivity index (χ4n) is 2.67. The Bertz CT molecular complexity index is 1210. The quantitative estimate of drug-likeness (QED) is 0.288. The second-order valence-electron chi connectivity index (χ2n) is 6.27. The molecule has 166 valence electrons. The lowest BCUT2D eigenvalue weighted by atomic mass is 10.2. The third-order valence-electron chi connectivity index (χ3n) is 4.17. The number of thiophene rings is 1. The van der Waals surface area contributed by atoms with E-state index in [0.29, 0.717) is 0 Å². The molecular weight excluding hydrogens is 462 g/mol. The lowest BCUT2D eigenvalue weighted by molar-refractivity contribution is -0.384. The van der Waals surface area contributed by atoms with Gasteiger partial charge in [0.25, 0.3) is 17.5 Å². The first-order chi connectivity index (χ1) is 15.3. The van der Waals surface area contributed by atoms with Gasteiger partial charge in [-0.3, -0.25) is 24.5 Å². The topological polar surface area (TPSA) is 137 Å². The number of ether oxygens (including phenoxy) is 2. The highest BCUT2D eigenvalue weighted by Crippen LogP contribution is 2.35. The molecule has 0 fully saturated rings. The number of hydrogen-bond acceptors (Lipinski definition) is 8. The van der Waals surface area contributed by atoms with E-state index in [9.17, 15) is 24.5 Å². The maximum absolute atomic E-state index is 12.3. The Morgan fingerprint density at radius 3 is 2.62 bits per heavy atom. The van der Waals surface area contributed by atoms with Gasteiger partial charge in [0.15, 0.2) is 6.61 Å². The number of nitrogens with zero attached hydrogens (tertiary/aromatic N) is 1. The molecule has 2 N–H and O–H groups in total. The van der Waals surface area contributed by atoms with Crippen LogP contribution in [0.25, 0.3) is 10.1 Å². The zero-order valence-electron chi connectivity index (χ0n) is 16.5. The molecule has 12 heteroatoms. The highest BCUT2D eigenvalue weighted by Gasteiger charge is 2.20. The van der Waals surface area contributed by atoms with Gasteiger partial charge in [0, 0.05) is 10.1 Å². The lowest BCUT2D eigenvalue weighted by Gasteiger charge is -2.08. The van der Waals surface area contributed by atoms with Crippen LogP contribution in [0.15, 0.2) is 42.5 Å². The summed E-state index contributed by atoms with van der Waals surface area (Å²) in [4.78, 5) is 46.9. The van der Waals surface area contributed by atoms with Gasteiger partial charge in [-0.2, -0.15) is 0 Å². The van der Waals surface area contributed by atoms with Gasteiger partial charge in [0.2, 0.25) is 0 Å². The van der Waals surface area contributed by atoms with Crippen molar-refractivity contribution in [1.82, 2.24) is 5.32 Å². The molecule has 1 aromatic heterocycles. The van der Waals surface area contributed by atoms with Crippen LogP contribution >= 0.6 is 22.9 Å². The van der Waals surface area contributed by atoms with Gasteiger partial charge >= 0.3 is 5.97 Å². The predicted octanol–water partition coefficient (Wildman–Crippen LogP) is 3.38. The second-order valence-corrected chi connectivity index (χ2v) is 7.70. The predicted molar refractivity (Wildman–Crippen MR) is 118 cm³/mol. The van der Waals surface area contributed by atoms with E-state index in [1.54, 1.807) is 12.1 Å². The summed E-state index contributed by atoms with van der Waals surface area (Å²) >= 11 is 7.41. The third kappa shape index (κ3) is 5.31. The average molecular weight is 478 g/mol. The summed E-state index contributed by atoms with van der Waals surface area (Å²) in [6.07, 6.45) is 0. The summed E-state index contributed by atoms with van der Waals surface area (Å²) < 4.78 is 10.6. The van der Waals surface area contributed by atoms with Crippen molar-refractivity contribution in [1.29, 1.82) is 0 Å². The third-order valence-corrected chi connectivity index (χ3v) is 5.85. The summed E-state index contributed by atoms with van der Waals surface area (Å²) in [5.41, 5.74) is -0.457. The van der Waals surface area contributed by atoms with Crippen LogP contribution < -0.4 is 15.4 Å². The van der Waals surface area contributed by atoms with Crippen LogP contribution in [0.1, 0.15) is 9.67 Å². The number of benzene rings is 2. The number of methoxy groups -OCH3 is 1. The monoisotopic (exact) mass is 477 g/mol. The van der Waals surface area contributed by atoms with Crippen molar-refractivity contribution < 1.29 is 28.8 Å². The van der Waals surface area contributed by atoms with E-state index in [4.69, 9.17) is 21.1 Å². The molecule has 32 heavy (non-hydrogen) atoms. The van der Waals surface area contributed by atoms with Crippen LogP contribution in [0.3, 0.4) is 0 Å². The van der Waals surface area contributed by atoms with Gasteiger partial charge < -0.3 is 20.1 Å². The molecule has 1 heterocycles. The van der Waals surface area contributed by atoms with Crippen LogP contribution in [0, 0.1) is 10.1 Å². The number of carbonyl (C=O) groups excluding carboxylic acids is 3. The van der Waals surface area contributed by atoms with Gasteiger partial charge in [-0.1, -0.05) is 29.8 Å². The Morgan fingerprint density at radius 2 is 1.94 bits per heavy atom. The fourth-order valence-corrected chi connectivity index (χ4v) is 4.10. The molecule has 0 aliphatic heterocycles. The summed E-state index contributed by atoms with van der Waals surface area (Å²) in [6, 6.07) is 11.1. The molecule has 0 radical (unpaired) electrons. The molecule has 3 rings (SSSR count). The molecule has 0 saturated heterocycles. The number of halogens is 1. The SMILES string of the molecule is COc1ccc(NC(=O)COC(=O)CNC(=O)c2sc3ccccc3c2Cl)c([N+](=O)[O-])c1. The molecule has 0 atom stereocenters. The van der Waals surface area contributed by atoms with Crippen LogP contribution in [0.2, 0.25) is 5.02 Å². The molecule has 0 bridgehead atoms. The minimum absolute atomic E-state index is 0.0791. The molecule has 0 spiro atoms. The van der Waals surface area contributed by atoms with E-state index in [-0.39, 0.29) is 27.0 Å². The van der Waals surface area contributed by atoms with Gasteiger partial charge in [-0.05, 0) is 18.2 Å². The van der Waals surface area contributed by atoms with E-state index in [1.165, 1.54) is 30.6 Å². The minimum Gasteiger partial charge on any atom is -0.496 e. The minimum atomic E-state index is -0.866. The average Bonchev–Trinajstić information content (AvgIpc) is 3.13. The number of hydrogen-bond donors (Lipinski definition) is 2. The number of anilines is 1. The number of nitrogens with one attached hydrogen (secondary N) is 2. The van der Waals surface area contributed by atoms with Crippen molar-refractivity contribution in [3.63, 3.8) is 0 Å². The number of esters is 1. The van der Waals surface area contributed by atoms with E-state index in [1.807, 2.05) is 12.1 Å². The second kappa shape index (κ2) is 10.1. The summed E-state index contributed by atoms with van der Waals surface area (Å²) in [6.45, 7) is -1.18. The maximum Gasteiger partial charge on any atom is 0.325 e. The Hall–Kier alpha value is -3.70. The van der Waals surface area contributed by atoms with E-state index in [0.717, 1.165) is 16.2 Å². The first kappa shape index (κ1) is 23.0. The maximum atomic E-state index is 12.3. The summed E-state index contributed by atoms with van der Waals surface area (Å²) in [5, 5.41) is 16.9. The van der Waals surface area contributed by atoms with Gasteiger partial charge in [-0.15, -0.1) is 11.3 Å². The largest absolute Gasteiger partial charge is 0.496 e. The van der Waals surface area contributed by atoms with Crippen LogP contribution in [-0.2, 0) is 14.3 Å². The molecule has 2 aromatic carbocycles. The molecule has 10 nitrogen and oxygen atoms in total. The molecule has 0 aliphatic rings. The zero-order chi connectivity index (χ0) is 23.3. The Labute approximate surface area is 190 Å². The number of fused-ring (bicyclic) bond motifs is 1. The standard InChI is InChI=1S/C20H16ClN3O7S/c1-30-11-6-7-13(14(8-11)24(28)29)23-16(25)10-31-17(26)9-22-20(27)19-18(21)12-4-2-3-5-15(12)32-19/h2-8H,9-10H2,1H3,(H,22,27)(H,23,25). The molecule has 0 unspecified atom stereocenters. The van der Waals surface area contributed by atoms with E-state index >= 15 is 0 Å². The molecule has 2 amide bonds. The highest BCUT2D eigenvalue weighted by molar-refractivity contribution is 7.21. The number of amides is 2. The van der Waals surface area contributed by atoms with Gasteiger partial charge in [-0.25, -0.2) is 0 Å². The number of nitro benzene ring substituents is 1. The van der Waals surface area contributed by atoms with Crippen molar-refractivity contribution >= 4 is 62.2 Å². The lowest BCUT2D eigenvalue weighted by Crippen LogP contribution is -2.32. The van der Waals surface area contributed by atoms with Crippen LogP contribution in [0.5, 0.6) is 5.75 Å². The smallest absolute Gasteiger partial charge is 0.325 e. The van der Waals surface area contributed by atoms with Crippen LogP contribution in [-0.4, -0.2) is 43.0 Å². The van der Waals surface area contributed by atoms with Gasteiger partial charge in [0.1, 0.15) is 22.9 Å². The first-order valence-electron chi connectivity index (χ1n) is 9.03. The van der Waals surface area contributed by atoms with Crippen molar-refractivity contribution in [2.45, 2.75) is 0 Å². The number of nitro groups is 1. The van der Waals surface area contributed by atoms with E-state index in [2.05, 4.69) is 10.6 Å². The molecule has 0 aliphatic carbocycles. The van der Waals surface area contributed by atoms with E-state index < -0.39 is 35.9 Å². The van der Waals surface area contributed by atoms with Crippen molar-refractivity contribution in [3.8, 4) is 5.75 Å². The Kier molecular flexibility index (Phi) is 7.23. The zero-order valence-corrected chi connectivity index (χ0v) is 18.1. The Balaban J connectivity index is 1.51. The van der Waals surface area contributed by atoms with Crippen molar-refractivity contribution in [3.05, 3.63) is 62.5 Å². The highest BCUT2D eigenvalue weighted by atomic mass is 35.5. The van der Waals surface area contributed by atoms with Gasteiger partial charge in [0.05, 0.1) is 23.1 Å². The van der Waals surface area contributed by atoms with Crippen LogP contribution in [0.4, 0.5) is 11.4 Å². The molecule has 0 saturated carbocycles. The number of carbonyl (C=O) groups is 3. The normalized spacial score (nSPS) is 10.4. The fraction of sp³-hybridized carbons (Fsp3) is 0.150.